The largest absolute Gasteiger partial charge is 0.466 e. The molecule has 0 rings (SSSR count). The lowest BCUT2D eigenvalue weighted by molar-refractivity contribution is -0.143. The normalized spacial score (nSPS) is 10.1. The Kier molecular flexibility index (Phi) is 10.0. The van der Waals surface area contributed by atoms with Gasteiger partial charge in [0.2, 0.25) is 0 Å². The van der Waals surface area contributed by atoms with Crippen molar-refractivity contribution in [2.75, 3.05) is 13.2 Å². The van der Waals surface area contributed by atoms with Crippen LogP contribution in [0, 0.1) is 5.41 Å². The highest BCUT2D eigenvalue weighted by molar-refractivity contribution is 5.81. The van der Waals surface area contributed by atoms with Crippen molar-refractivity contribution in [3.05, 3.63) is 0 Å². The number of nitrogens with two attached hydrogens (primary N) is 1. The molecule has 3 N–H and O–H groups in total. The Labute approximate surface area is 98.1 Å². The summed E-state index contributed by atoms with van der Waals surface area (Å²) in [6, 6.07) is 0. The molecule has 0 heterocycles. The van der Waals surface area contributed by atoms with Gasteiger partial charge in [0.25, 0.3) is 0 Å². The smallest absolute Gasteiger partial charge is 0.305 e. The van der Waals surface area contributed by atoms with Crippen molar-refractivity contribution >= 4 is 11.7 Å². The van der Waals surface area contributed by atoms with Crippen molar-refractivity contribution < 1.29 is 9.53 Å². The van der Waals surface area contributed by atoms with E-state index in [0.29, 0.717) is 31.7 Å². The highest BCUT2D eigenvalue weighted by atomic mass is 16.5. The number of hydrogen-bond acceptors (Lipinski definition) is 4. The predicted molar refractivity (Wildman–Crippen MR) is 65.7 cm³/mol. The molecule has 0 bridgehead atoms. The Morgan fingerprint density at radius 3 is 2.50 bits per heavy atom. The van der Waals surface area contributed by atoms with Gasteiger partial charge in [0, 0.05) is 12.1 Å². The number of nitrogens with one attached hydrogen (secondary N) is 1. The molecule has 0 aromatic heterocycles. The van der Waals surface area contributed by atoms with E-state index in [1.165, 1.54) is 0 Å². The van der Waals surface area contributed by atoms with E-state index < -0.39 is 0 Å². The minimum Gasteiger partial charge on any atom is -0.466 e. The quantitative estimate of drug-likeness (QED) is 0.342. The molecule has 94 valence electrons. The summed E-state index contributed by atoms with van der Waals surface area (Å²) in [5, 5.41) is 7.59. The number of esters is 1. The summed E-state index contributed by atoms with van der Waals surface area (Å²) >= 11 is 0. The highest BCUT2D eigenvalue weighted by Gasteiger charge is 2.02. The molecule has 16 heavy (non-hydrogen) atoms. The third-order valence-corrected chi connectivity index (χ3v) is 2.30. The Morgan fingerprint density at radius 2 is 1.88 bits per heavy atom. The zero-order chi connectivity index (χ0) is 12.2. The lowest BCUT2D eigenvalue weighted by Crippen LogP contribution is -2.08. The van der Waals surface area contributed by atoms with Gasteiger partial charge in [-0.3, -0.25) is 4.79 Å². The molecular formula is C12H24N2O2. The van der Waals surface area contributed by atoms with E-state index in [9.17, 15) is 4.79 Å². The summed E-state index contributed by atoms with van der Waals surface area (Å²) in [7, 11) is 0. The Balaban J connectivity index is 3.31. The van der Waals surface area contributed by atoms with Crippen molar-refractivity contribution in [1.82, 2.24) is 0 Å². The van der Waals surface area contributed by atoms with Crippen LogP contribution >= 0.6 is 0 Å². The van der Waals surface area contributed by atoms with E-state index in [-0.39, 0.29) is 5.97 Å². The topological polar surface area (TPSA) is 76.2 Å². The van der Waals surface area contributed by atoms with Crippen LogP contribution in [0.2, 0.25) is 0 Å². The molecule has 4 nitrogen and oxygen atoms in total. The fraction of sp³-hybridized carbons (Fsp3) is 0.833. The van der Waals surface area contributed by atoms with Crippen LogP contribution in [0.5, 0.6) is 0 Å². The molecule has 0 saturated heterocycles. The first kappa shape index (κ1) is 15.1. The van der Waals surface area contributed by atoms with E-state index in [1.54, 1.807) is 0 Å². The summed E-state index contributed by atoms with van der Waals surface area (Å²) in [5.74, 6) is -0.115. The Bertz CT molecular complexity index is 183. The maximum absolute atomic E-state index is 11.1. The second-order valence-corrected chi connectivity index (χ2v) is 3.92. The molecular weight excluding hydrogens is 204 g/mol. The van der Waals surface area contributed by atoms with Gasteiger partial charge in [-0.05, 0) is 38.6 Å². The summed E-state index contributed by atoms with van der Waals surface area (Å²) in [6.45, 7) is 3.12. The molecule has 0 radical (unpaired) electrons. The van der Waals surface area contributed by atoms with Crippen LogP contribution in [-0.4, -0.2) is 24.8 Å². The van der Waals surface area contributed by atoms with Crippen LogP contribution in [0.15, 0.2) is 0 Å². The van der Waals surface area contributed by atoms with Crippen molar-refractivity contribution in [3.8, 4) is 0 Å². The second kappa shape index (κ2) is 10.6. The average Bonchev–Trinajstić information content (AvgIpc) is 2.29. The van der Waals surface area contributed by atoms with Crippen LogP contribution in [0.4, 0.5) is 0 Å². The van der Waals surface area contributed by atoms with Crippen LogP contribution < -0.4 is 5.73 Å². The third kappa shape index (κ3) is 9.65. The van der Waals surface area contributed by atoms with Gasteiger partial charge in [0.1, 0.15) is 0 Å². The molecule has 0 aliphatic rings. The van der Waals surface area contributed by atoms with Gasteiger partial charge in [-0.2, -0.15) is 0 Å². The van der Waals surface area contributed by atoms with E-state index in [1.807, 2.05) is 6.92 Å². The van der Waals surface area contributed by atoms with Crippen molar-refractivity contribution in [2.45, 2.75) is 51.9 Å². The summed E-state index contributed by atoms with van der Waals surface area (Å²) in [4.78, 5) is 11.1. The molecule has 0 aromatic carbocycles. The van der Waals surface area contributed by atoms with Crippen LogP contribution in [0.25, 0.3) is 0 Å². The lowest BCUT2D eigenvalue weighted by Gasteiger charge is -2.05. The number of unbranched alkanes of at least 4 members (excludes halogenated alkanes) is 1. The minimum absolute atomic E-state index is 0.115. The molecule has 4 heteroatoms. The first-order valence-electron chi connectivity index (χ1n) is 6.12. The van der Waals surface area contributed by atoms with Gasteiger partial charge in [-0.15, -0.1) is 0 Å². The number of carbonyl (C=O) groups is 1. The molecule has 0 unspecified atom stereocenters. The number of hydrogen-bond donors (Lipinski definition) is 2. The first-order valence-corrected chi connectivity index (χ1v) is 6.12. The number of rotatable bonds is 10. The van der Waals surface area contributed by atoms with Crippen LogP contribution in [0.1, 0.15) is 51.9 Å². The Hall–Kier alpha value is -0.900. The highest BCUT2D eigenvalue weighted by Crippen LogP contribution is 2.01. The zero-order valence-corrected chi connectivity index (χ0v) is 10.3. The number of carbonyl (C=O) groups excluding carboxylic acids is 1. The summed E-state index contributed by atoms with van der Waals surface area (Å²) in [6.07, 6.45) is 5.52. The summed E-state index contributed by atoms with van der Waals surface area (Å²) in [5.41, 5.74) is 6.06. The molecule has 0 aliphatic carbocycles. The van der Waals surface area contributed by atoms with Gasteiger partial charge < -0.3 is 15.9 Å². The molecule has 0 spiro atoms. The van der Waals surface area contributed by atoms with Crippen molar-refractivity contribution in [1.29, 1.82) is 5.41 Å². The monoisotopic (exact) mass is 228 g/mol. The molecule has 0 saturated carbocycles. The van der Waals surface area contributed by atoms with E-state index >= 15 is 0 Å². The molecule has 0 aliphatic heterocycles. The van der Waals surface area contributed by atoms with E-state index in [4.69, 9.17) is 15.9 Å². The first-order chi connectivity index (χ1) is 7.70. The fourth-order valence-corrected chi connectivity index (χ4v) is 1.31. The molecule has 0 amide bonds. The molecule has 0 atom stereocenters. The van der Waals surface area contributed by atoms with E-state index in [0.717, 1.165) is 32.1 Å². The van der Waals surface area contributed by atoms with E-state index in [2.05, 4.69) is 0 Å². The molecule has 0 fully saturated rings. The average molecular weight is 228 g/mol. The third-order valence-electron chi connectivity index (χ3n) is 2.30. The SMILES string of the molecule is CCCCC(=O)OCCCC(=N)CCCN. The zero-order valence-electron chi connectivity index (χ0n) is 10.3. The van der Waals surface area contributed by atoms with Crippen LogP contribution in [-0.2, 0) is 9.53 Å². The Morgan fingerprint density at radius 1 is 1.19 bits per heavy atom. The maximum atomic E-state index is 11.1. The summed E-state index contributed by atoms with van der Waals surface area (Å²) < 4.78 is 5.04. The van der Waals surface area contributed by atoms with Crippen LogP contribution in [0.3, 0.4) is 0 Å². The van der Waals surface area contributed by atoms with Gasteiger partial charge in [0.15, 0.2) is 0 Å². The fourth-order valence-electron chi connectivity index (χ4n) is 1.31. The second-order valence-electron chi connectivity index (χ2n) is 3.92. The van der Waals surface area contributed by atoms with Gasteiger partial charge in [-0.1, -0.05) is 13.3 Å². The van der Waals surface area contributed by atoms with Gasteiger partial charge in [-0.25, -0.2) is 0 Å². The van der Waals surface area contributed by atoms with Crippen molar-refractivity contribution in [2.24, 2.45) is 5.73 Å². The van der Waals surface area contributed by atoms with Crippen molar-refractivity contribution in [3.63, 3.8) is 0 Å². The standard InChI is InChI=1S/C12H24N2O2/c1-2-3-8-12(15)16-10-5-7-11(14)6-4-9-13/h14H,2-10,13H2,1H3. The predicted octanol–water partition coefficient (Wildman–Crippen LogP) is 2.26. The minimum atomic E-state index is -0.115. The number of ether oxygens (including phenoxy) is 1. The van der Waals surface area contributed by atoms with Gasteiger partial charge in [0.05, 0.1) is 6.61 Å². The molecule has 0 aromatic rings. The van der Waals surface area contributed by atoms with Gasteiger partial charge >= 0.3 is 5.97 Å². The lowest BCUT2D eigenvalue weighted by atomic mass is 10.1. The maximum Gasteiger partial charge on any atom is 0.305 e.